The summed E-state index contributed by atoms with van der Waals surface area (Å²) in [5.74, 6) is 0. The summed E-state index contributed by atoms with van der Waals surface area (Å²) in [6.45, 7) is 1.39. The first-order chi connectivity index (χ1) is 12.4. The summed E-state index contributed by atoms with van der Waals surface area (Å²) in [6.07, 6.45) is 0.206. The van der Waals surface area contributed by atoms with E-state index < -0.39 is 28.9 Å². The molecule has 6 nitrogen and oxygen atoms in total. The first-order valence-electron chi connectivity index (χ1n) is 8.07. The quantitative estimate of drug-likeness (QED) is 0.411. The molecule has 2 rings (SSSR count). The van der Waals surface area contributed by atoms with Crippen LogP contribution in [0, 0.1) is 6.92 Å². The Morgan fingerprint density at radius 2 is 1.81 bits per heavy atom. The molecule has 136 valence electrons. The molecule has 0 fully saturated rings. The van der Waals surface area contributed by atoms with E-state index in [4.69, 9.17) is 4.18 Å². The summed E-state index contributed by atoms with van der Waals surface area (Å²) in [6, 6.07) is 14.8. The van der Waals surface area contributed by atoms with Crippen molar-refractivity contribution >= 4 is 23.4 Å². The van der Waals surface area contributed by atoms with Crippen LogP contribution in [0.4, 0.5) is 0 Å². The van der Waals surface area contributed by atoms with E-state index in [9.17, 15) is 18.2 Å². The molecule has 2 aromatic carbocycles. The van der Waals surface area contributed by atoms with Crippen LogP contribution in [0.15, 0.2) is 64.5 Å². The third-order valence-corrected chi connectivity index (χ3v) is 5.07. The molecule has 26 heavy (non-hydrogen) atoms. The van der Waals surface area contributed by atoms with Crippen molar-refractivity contribution in [2.45, 2.75) is 30.4 Å². The maximum atomic E-state index is 12.2. The predicted octanol–water partition coefficient (Wildman–Crippen LogP) is 1.75. The molecule has 0 saturated carbocycles. The molecule has 2 aromatic rings. The second-order valence-corrected chi connectivity index (χ2v) is 7.43. The van der Waals surface area contributed by atoms with Gasteiger partial charge in [0.25, 0.3) is 0 Å². The molecule has 0 heterocycles. The second-order valence-electron chi connectivity index (χ2n) is 5.81. The van der Waals surface area contributed by atoms with Crippen molar-refractivity contribution in [3.8, 4) is 0 Å². The second kappa shape index (κ2) is 9.52. The number of nitrogens with zero attached hydrogens (tertiary/aromatic N) is 1. The molecule has 0 aliphatic heterocycles. The Morgan fingerprint density at radius 1 is 1.15 bits per heavy atom. The van der Waals surface area contributed by atoms with Gasteiger partial charge in [0.1, 0.15) is 0 Å². The Kier molecular flexibility index (Phi) is 7.38. The molecule has 8 heteroatoms. The van der Waals surface area contributed by atoms with E-state index in [1.807, 2.05) is 37.3 Å². The molecule has 0 aliphatic carbocycles. The molecule has 0 bridgehead atoms. The summed E-state index contributed by atoms with van der Waals surface area (Å²) in [5, 5.41) is 10.3. The topological polar surface area (TPSA) is 93.0 Å². The number of hydrogen-bond acceptors (Lipinski definition) is 6. The number of aliphatic hydroxyl groups is 1. The third-order valence-electron chi connectivity index (χ3n) is 3.77. The van der Waals surface area contributed by atoms with Crippen LogP contribution in [0.1, 0.15) is 11.1 Å². The average Bonchev–Trinajstić information content (AvgIpc) is 2.64. The van der Waals surface area contributed by atoms with Gasteiger partial charge < -0.3 is 0 Å². The van der Waals surface area contributed by atoms with Gasteiger partial charge in [-0.15, -0.1) is 0 Å². The van der Waals surface area contributed by atoms with Crippen molar-refractivity contribution in [2.75, 3.05) is 6.61 Å². The molecule has 0 saturated heterocycles. The SMILES string of the molecule is Cc1ccc(S(=O)(=O)OC[C@@H](O)[C@H](Cc2ccccc2)N=CB=O)cc1. The zero-order valence-electron chi connectivity index (χ0n) is 14.4. The molecule has 1 N–H and O–H groups in total. The van der Waals surface area contributed by atoms with Gasteiger partial charge in [-0.25, -0.2) is 0 Å². The zero-order valence-corrected chi connectivity index (χ0v) is 15.2. The van der Waals surface area contributed by atoms with Crippen LogP contribution in [-0.2, 0) is 25.4 Å². The number of benzene rings is 2. The first-order valence-corrected chi connectivity index (χ1v) is 9.48. The predicted molar refractivity (Wildman–Crippen MR) is 99.2 cm³/mol. The minimum atomic E-state index is -3.98. The summed E-state index contributed by atoms with van der Waals surface area (Å²) in [7, 11) is -3.47. The van der Waals surface area contributed by atoms with Gasteiger partial charge in [0.05, 0.1) is 0 Å². The van der Waals surface area contributed by atoms with E-state index in [0.717, 1.165) is 17.2 Å². The fourth-order valence-electron chi connectivity index (χ4n) is 2.33. The van der Waals surface area contributed by atoms with Crippen LogP contribution in [-0.4, -0.2) is 45.5 Å². The fourth-order valence-corrected chi connectivity index (χ4v) is 3.26. The van der Waals surface area contributed by atoms with Gasteiger partial charge in [-0.1, -0.05) is 0 Å². The normalized spacial score (nSPS) is 14.1. The van der Waals surface area contributed by atoms with E-state index in [-0.39, 0.29) is 4.90 Å². The van der Waals surface area contributed by atoms with Crippen molar-refractivity contribution in [3.05, 3.63) is 65.7 Å². The van der Waals surface area contributed by atoms with Crippen LogP contribution < -0.4 is 0 Å². The Morgan fingerprint density at radius 3 is 2.42 bits per heavy atom. The van der Waals surface area contributed by atoms with Gasteiger partial charge in [0, 0.05) is 0 Å². The minimum absolute atomic E-state index is 0.0197. The van der Waals surface area contributed by atoms with Crippen LogP contribution in [0.2, 0.25) is 0 Å². The molecule has 0 aromatic heterocycles. The van der Waals surface area contributed by atoms with Gasteiger partial charge in [-0.05, 0) is 0 Å². The van der Waals surface area contributed by atoms with Crippen molar-refractivity contribution in [1.82, 2.24) is 0 Å². The van der Waals surface area contributed by atoms with Crippen LogP contribution in [0.3, 0.4) is 0 Å². The average molecular weight is 373 g/mol. The third kappa shape index (κ3) is 5.98. The van der Waals surface area contributed by atoms with Crippen LogP contribution >= 0.6 is 0 Å². The van der Waals surface area contributed by atoms with Gasteiger partial charge in [0.2, 0.25) is 0 Å². The fraction of sp³-hybridized carbons (Fsp3) is 0.278. The van der Waals surface area contributed by atoms with E-state index in [2.05, 4.69) is 4.99 Å². The molecule has 0 amide bonds. The monoisotopic (exact) mass is 373 g/mol. The summed E-state index contributed by atoms with van der Waals surface area (Å²) in [4.78, 5) is 4.02. The number of aliphatic imine (C=N–C) groups is 1. The Hall–Kier alpha value is -2.16. The van der Waals surface area contributed by atoms with Crippen LogP contribution in [0.5, 0.6) is 0 Å². The molecular weight excluding hydrogens is 353 g/mol. The van der Waals surface area contributed by atoms with E-state index in [1.54, 1.807) is 12.1 Å². The van der Waals surface area contributed by atoms with Gasteiger partial charge in [-0.2, -0.15) is 0 Å². The van der Waals surface area contributed by atoms with Crippen molar-refractivity contribution in [3.63, 3.8) is 0 Å². The Labute approximate surface area is 153 Å². The number of hydrogen-bond donors (Lipinski definition) is 1. The first kappa shape index (κ1) is 20.2. The summed E-state index contributed by atoms with van der Waals surface area (Å²) in [5.41, 5.74) is 1.83. The molecule has 0 spiro atoms. The molecule has 2 atom stereocenters. The van der Waals surface area contributed by atoms with E-state index >= 15 is 0 Å². The Balaban J connectivity index is 2.06. The number of rotatable bonds is 9. The number of aliphatic hydroxyl groups excluding tert-OH is 1. The van der Waals surface area contributed by atoms with Crippen molar-refractivity contribution in [2.24, 2.45) is 4.99 Å². The summed E-state index contributed by atoms with van der Waals surface area (Å²) < 4.78 is 40.0. The van der Waals surface area contributed by atoms with Crippen molar-refractivity contribution in [1.29, 1.82) is 0 Å². The molecular formula is C18H20BNO5S. The Bertz CT molecular complexity index is 838. The van der Waals surface area contributed by atoms with Gasteiger partial charge in [0.15, 0.2) is 0 Å². The van der Waals surface area contributed by atoms with Crippen molar-refractivity contribution < 1.29 is 22.4 Å². The summed E-state index contributed by atoms with van der Waals surface area (Å²) >= 11 is 0. The van der Waals surface area contributed by atoms with E-state index in [0.29, 0.717) is 13.6 Å². The van der Waals surface area contributed by atoms with Crippen LogP contribution in [0.25, 0.3) is 0 Å². The van der Waals surface area contributed by atoms with Gasteiger partial charge >= 0.3 is 154 Å². The number of aryl methyl sites for hydroxylation is 1. The molecule has 0 aliphatic rings. The van der Waals surface area contributed by atoms with E-state index in [1.165, 1.54) is 12.1 Å². The maximum absolute atomic E-state index is 12.2. The standard InChI is InChI=1S/C18H20BNO5S/c1-14-7-9-16(10-8-14)26(23,24)25-12-18(21)17(20-13-19-22)11-15-5-3-2-4-6-15/h2-10,13,17-18,21H,11-12H2,1H3/t17-,18+/m0/s1. The zero-order chi connectivity index (χ0) is 19.0. The van der Waals surface area contributed by atoms with Gasteiger partial charge in [-0.3, -0.25) is 0 Å². The molecule has 0 radical (unpaired) electrons. The molecule has 0 unspecified atom stereocenters.